The molecule has 1 aliphatic rings. The van der Waals surface area contributed by atoms with Gasteiger partial charge in [-0.1, -0.05) is 24.3 Å². The molecule has 1 fully saturated rings. The summed E-state index contributed by atoms with van der Waals surface area (Å²) in [5.41, 5.74) is 6.94. The Kier molecular flexibility index (Phi) is 3.62. The van der Waals surface area contributed by atoms with Crippen molar-refractivity contribution in [3.05, 3.63) is 36.0 Å². The quantitative estimate of drug-likeness (QED) is 0.913. The van der Waals surface area contributed by atoms with E-state index in [1.165, 1.54) is 22.3 Å². The van der Waals surface area contributed by atoms with Crippen LogP contribution in [0.15, 0.2) is 30.5 Å². The maximum absolute atomic E-state index is 5.81. The van der Waals surface area contributed by atoms with Crippen LogP contribution in [0.1, 0.15) is 12.5 Å². The van der Waals surface area contributed by atoms with Crippen molar-refractivity contribution in [1.82, 2.24) is 4.98 Å². The fourth-order valence-electron chi connectivity index (χ4n) is 2.67. The molecule has 1 atom stereocenters. The Bertz CT molecular complexity index is 585. The van der Waals surface area contributed by atoms with Crippen molar-refractivity contribution in [3.8, 4) is 0 Å². The lowest BCUT2D eigenvalue weighted by Crippen LogP contribution is -2.41. The summed E-state index contributed by atoms with van der Waals surface area (Å²) in [6.07, 6.45) is 1.94. The van der Waals surface area contributed by atoms with Crippen LogP contribution >= 0.6 is 11.8 Å². The number of nitrogens with zero attached hydrogens (tertiary/aromatic N) is 2. The molecule has 0 amide bonds. The summed E-state index contributed by atoms with van der Waals surface area (Å²) in [6, 6.07) is 8.99. The molecule has 1 aromatic heterocycles. The lowest BCUT2D eigenvalue weighted by molar-refractivity contribution is 0.692. The van der Waals surface area contributed by atoms with Gasteiger partial charge in [-0.3, -0.25) is 0 Å². The third-order valence-electron chi connectivity index (χ3n) is 3.72. The van der Waals surface area contributed by atoms with Crippen molar-refractivity contribution in [1.29, 1.82) is 0 Å². The van der Waals surface area contributed by atoms with E-state index in [0.29, 0.717) is 12.6 Å². The van der Waals surface area contributed by atoms with Gasteiger partial charge in [0.2, 0.25) is 0 Å². The minimum absolute atomic E-state index is 0.540. The molecule has 0 spiro atoms. The van der Waals surface area contributed by atoms with Gasteiger partial charge in [0.25, 0.3) is 0 Å². The van der Waals surface area contributed by atoms with Crippen LogP contribution in [0.3, 0.4) is 0 Å². The second-order valence-electron chi connectivity index (χ2n) is 4.97. The van der Waals surface area contributed by atoms with Gasteiger partial charge in [-0.2, -0.15) is 11.8 Å². The number of nitrogens with two attached hydrogens (primary N) is 1. The Balaban J connectivity index is 2.13. The Hall–Kier alpha value is -1.26. The lowest BCUT2D eigenvalue weighted by Gasteiger charge is -2.34. The summed E-state index contributed by atoms with van der Waals surface area (Å²) < 4.78 is 0. The van der Waals surface area contributed by atoms with E-state index >= 15 is 0 Å². The highest BCUT2D eigenvalue weighted by molar-refractivity contribution is 7.99. The van der Waals surface area contributed by atoms with Crippen molar-refractivity contribution >= 4 is 28.4 Å². The summed E-state index contributed by atoms with van der Waals surface area (Å²) in [5, 5.41) is 2.46. The number of pyridine rings is 1. The zero-order chi connectivity index (χ0) is 13.2. The zero-order valence-electron chi connectivity index (χ0n) is 11.2. The number of fused-ring (bicyclic) bond motifs is 1. The third kappa shape index (κ3) is 2.30. The maximum atomic E-state index is 5.81. The minimum atomic E-state index is 0.540. The Morgan fingerprint density at radius 1 is 1.37 bits per heavy atom. The standard InChI is InChI=1S/C15H19N3S/c1-11-10-19-7-6-18(11)15-14-5-3-2-4-13(14)12(8-16)9-17-15/h2-5,9,11H,6-8,10,16H2,1H3. The maximum Gasteiger partial charge on any atom is 0.136 e. The molecule has 2 heterocycles. The van der Waals surface area contributed by atoms with Crippen LogP contribution in [0, 0.1) is 0 Å². The molecule has 0 saturated carbocycles. The first-order valence-corrected chi connectivity index (χ1v) is 7.88. The van der Waals surface area contributed by atoms with Crippen molar-refractivity contribution in [2.75, 3.05) is 23.0 Å². The summed E-state index contributed by atoms with van der Waals surface area (Å²) in [6.45, 7) is 3.89. The molecule has 100 valence electrons. The first-order valence-electron chi connectivity index (χ1n) is 6.72. The number of hydrogen-bond donors (Lipinski definition) is 1. The Morgan fingerprint density at radius 3 is 2.89 bits per heavy atom. The molecule has 1 saturated heterocycles. The van der Waals surface area contributed by atoms with Gasteiger partial charge in [0.1, 0.15) is 5.82 Å². The monoisotopic (exact) mass is 273 g/mol. The van der Waals surface area contributed by atoms with Gasteiger partial charge in [-0.15, -0.1) is 0 Å². The molecule has 1 unspecified atom stereocenters. The normalized spacial score (nSPS) is 19.9. The van der Waals surface area contributed by atoms with Gasteiger partial charge < -0.3 is 10.6 Å². The van der Waals surface area contributed by atoms with Gasteiger partial charge >= 0.3 is 0 Å². The van der Waals surface area contributed by atoms with E-state index < -0.39 is 0 Å². The number of aromatic nitrogens is 1. The lowest BCUT2D eigenvalue weighted by atomic mass is 10.1. The summed E-state index contributed by atoms with van der Waals surface area (Å²) in [7, 11) is 0. The highest BCUT2D eigenvalue weighted by Gasteiger charge is 2.22. The fourth-order valence-corrected chi connectivity index (χ4v) is 3.68. The molecule has 0 bridgehead atoms. The average Bonchev–Trinajstić information content (AvgIpc) is 2.47. The van der Waals surface area contributed by atoms with Gasteiger partial charge in [-0.25, -0.2) is 4.98 Å². The fraction of sp³-hybridized carbons (Fsp3) is 0.400. The zero-order valence-corrected chi connectivity index (χ0v) is 12.0. The number of rotatable bonds is 2. The summed E-state index contributed by atoms with van der Waals surface area (Å²) >= 11 is 2.03. The number of anilines is 1. The van der Waals surface area contributed by atoms with E-state index in [1.807, 2.05) is 18.0 Å². The molecule has 0 aliphatic carbocycles. The number of thioether (sulfide) groups is 1. The van der Waals surface area contributed by atoms with Crippen LogP contribution in [0.25, 0.3) is 10.8 Å². The number of hydrogen-bond acceptors (Lipinski definition) is 4. The molecule has 4 heteroatoms. The third-order valence-corrected chi connectivity index (χ3v) is 4.91. The summed E-state index contributed by atoms with van der Waals surface area (Å²) in [4.78, 5) is 7.12. The largest absolute Gasteiger partial charge is 0.352 e. The van der Waals surface area contributed by atoms with Gasteiger partial charge in [-0.05, 0) is 17.9 Å². The highest BCUT2D eigenvalue weighted by atomic mass is 32.2. The molecular formula is C15H19N3S. The first kappa shape index (κ1) is 12.8. The van der Waals surface area contributed by atoms with E-state index in [0.717, 1.165) is 17.9 Å². The van der Waals surface area contributed by atoms with Crippen LogP contribution in [0.4, 0.5) is 5.82 Å². The molecular weight excluding hydrogens is 254 g/mol. The molecule has 0 radical (unpaired) electrons. The Morgan fingerprint density at radius 2 is 2.16 bits per heavy atom. The molecule has 3 rings (SSSR count). The van der Waals surface area contributed by atoms with Crippen LogP contribution in [-0.2, 0) is 6.54 Å². The molecule has 1 aliphatic heterocycles. The van der Waals surface area contributed by atoms with E-state index in [9.17, 15) is 0 Å². The van der Waals surface area contributed by atoms with Gasteiger partial charge in [0.15, 0.2) is 0 Å². The second-order valence-corrected chi connectivity index (χ2v) is 6.12. The highest BCUT2D eigenvalue weighted by Crippen LogP contribution is 2.30. The van der Waals surface area contributed by atoms with Crippen LogP contribution in [0.5, 0.6) is 0 Å². The predicted molar refractivity (Wildman–Crippen MR) is 83.8 cm³/mol. The number of benzene rings is 1. The van der Waals surface area contributed by atoms with Crippen molar-refractivity contribution in [2.24, 2.45) is 5.73 Å². The van der Waals surface area contributed by atoms with Crippen LogP contribution in [-0.4, -0.2) is 29.1 Å². The summed E-state index contributed by atoms with van der Waals surface area (Å²) in [5.74, 6) is 3.47. The van der Waals surface area contributed by atoms with E-state index in [1.54, 1.807) is 0 Å². The van der Waals surface area contributed by atoms with Crippen LogP contribution in [0.2, 0.25) is 0 Å². The average molecular weight is 273 g/mol. The SMILES string of the molecule is CC1CSCCN1c1ncc(CN)c2ccccc12. The van der Waals surface area contributed by atoms with E-state index in [2.05, 4.69) is 41.1 Å². The van der Waals surface area contributed by atoms with Gasteiger partial charge in [0, 0.05) is 42.2 Å². The van der Waals surface area contributed by atoms with E-state index in [-0.39, 0.29) is 0 Å². The molecule has 1 aromatic carbocycles. The minimum Gasteiger partial charge on any atom is -0.352 e. The van der Waals surface area contributed by atoms with E-state index in [4.69, 9.17) is 5.73 Å². The van der Waals surface area contributed by atoms with Gasteiger partial charge in [0.05, 0.1) is 0 Å². The molecule has 2 N–H and O–H groups in total. The predicted octanol–water partition coefficient (Wildman–Crippen LogP) is 2.64. The van der Waals surface area contributed by atoms with Crippen molar-refractivity contribution in [3.63, 3.8) is 0 Å². The van der Waals surface area contributed by atoms with Crippen LogP contribution < -0.4 is 10.6 Å². The Labute approximate surface area is 118 Å². The molecule has 3 nitrogen and oxygen atoms in total. The molecule has 19 heavy (non-hydrogen) atoms. The van der Waals surface area contributed by atoms with Crippen molar-refractivity contribution in [2.45, 2.75) is 19.5 Å². The van der Waals surface area contributed by atoms with Crippen molar-refractivity contribution < 1.29 is 0 Å². The second kappa shape index (κ2) is 5.39. The molecule has 2 aromatic rings. The topological polar surface area (TPSA) is 42.2 Å². The smallest absolute Gasteiger partial charge is 0.136 e. The first-order chi connectivity index (χ1) is 9.31.